The molecular weight excluding hydrogens is 104 g/mol. The molecule has 0 saturated heterocycles. The van der Waals surface area contributed by atoms with Crippen LogP contribution in [0.1, 0.15) is 5.82 Å². The molecule has 0 fully saturated rings. The van der Waals surface area contributed by atoms with Crippen LogP contribution in [0.15, 0.2) is 12.4 Å². The maximum atomic E-state index is 10.0. The summed E-state index contributed by atoms with van der Waals surface area (Å²) in [7, 11) is 0. The molecule has 0 radical (unpaired) electrons. The number of aryl methyl sites for hydroxylation is 1. The molecule has 0 aliphatic rings. The number of imidazole rings is 1. The fourth-order valence-corrected chi connectivity index (χ4v) is 0.499. The summed E-state index contributed by atoms with van der Waals surface area (Å²) in [5, 5.41) is 0. The van der Waals surface area contributed by atoms with E-state index >= 15 is 0 Å². The standard InChI is InChI=1S/C5H6N2O/c1-5-6-2-3-7(5)4-8/h2-4H,1H3. The highest BCUT2D eigenvalue weighted by atomic mass is 16.1. The number of hydrogen-bond acceptors (Lipinski definition) is 2. The molecule has 42 valence electrons. The fourth-order valence-electron chi connectivity index (χ4n) is 0.499. The van der Waals surface area contributed by atoms with Crippen LogP contribution in [-0.4, -0.2) is 16.0 Å². The minimum atomic E-state index is 0.722. The SMILES string of the molecule is Cc1nccn1C=O. The Bertz CT molecular complexity index is 192. The van der Waals surface area contributed by atoms with Crippen molar-refractivity contribution in [2.45, 2.75) is 6.92 Å². The van der Waals surface area contributed by atoms with Gasteiger partial charge in [-0.05, 0) is 6.92 Å². The second-order valence-electron chi connectivity index (χ2n) is 1.49. The van der Waals surface area contributed by atoms with Gasteiger partial charge in [0, 0.05) is 12.4 Å². The molecule has 3 heteroatoms. The highest BCUT2D eigenvalue weighted by Gasteiger charge is 1.89. The summed E-state index contributed by atoms with van der Waals surface area (Å²) in [6.45, 7) is 1.77. The Balaban J connectivity index is 3.09. The van der Waals surface area contributed by atoms with Crippen LogP contribution >= 0.6 is 0 Å². The number of rotatable bonds is 1. The Kier molecular flexibility index (Phi) is 1.12. The van der Waals surface area contributed by atoms with Gasteiger partial charge in [-0.2, -0.15) is 0 Å². The molecule has 0 atom stereocenters. The lowest BCUT2D eigenvalue weighted by molar-refractivity contribution is 0.546. The second kappa shape index (κ2) is 1.78. The van der Waals surface area contributed by atoms with E-state index in [1.54, 1.807) is 19.3 Å². The highest BCUT2D eigenvalue weighted by Crippen LogP contribution is 1.87. The number of hydrogen-bond donors (Lipinski definition) is 0. The number of carbonyl (C=O) groups is 1. The van der Waals surface area contributed by atoms with E-state index in [4.69, 9.17) is 0 Å². The van der Waals surface area contributed by atoms with Gasteiger partial charge in [-0.1, -0.05) is 0 Å². The third-order valence-corrected chi connectivity index (χ3v) is 0.976. The van der Waals surface area contributed by atoms with E-state index in [-0.39, 0.29) is 0 Å². The van der Waals surface area contributed by atoms with Gasteiger partial charge in [-0.25, -0.2) is 4.98 Å². The minimum absolute atomic E-state index is 0.722. The Morgan fingerprint density at radius 3 is 2.88 bits per heavy atom. The van der Waals surface area contributed by atoms with Crippen LogP contribution in [0.4, 0.5) is 0 Å². The Hall–Kier alpha value is -1.12. The number of aromatic nitrogens is 2. The van der Waals surface area contributed by atoms with E-state index in [1.165, 1.54) is 4.57 Å². The maximum absolute atomic E-state index is 10.0. The van der Waals surface area contributed by atoms with E-state index in [0.717, 1.165) is 12.2 Å². The molecule has 1 aromatic heterocycles. The zero-order valence-electron chi connectivity index (χ0n) is 4.53. The van der Waals surface area contributed by atoms with Crippen LogP contribution in [-0.2, 0) is 4.79 Å². The first-order valence-corrected chi connectivity index (χ1v) is 2.29. The zero-order chi connectivity index (χ0) is 5.98. The van der Waals surface area contributed by atoms with E-state index < -0.39 is 0 Å². The molecule has 0 aliphatic heterocycles. The summed E-state index contributed by atoms with van der Waals surface area (Å²) in [5.74, 6) is 0.722. The third-order valence-electron chi connectivity index (χ3n) is 0.976. The van der Waals surface area contributed by atoms with Crippen molar-refractivity contribution in [3.8, 4) is 0 Å². The van der Waals surface area contributed by atoms with Crippen LogP contribution < -0.4 is 0 Å². The Morgan fingerprint density at radius 1 is 1.88 bits per heavy atom. The van der Waals surface area contributed by atoms with Crippen molar-refractivity contribution in [1.29, 1.82) is 0 Å². The van der Waals surface area contributed by atoms with Crippen molar-refractivity contribution >= 4 is 6.41 Å². The topological polar surface area (TPSA) is 34.9 Å². The van der Waals surface area contributed by atoms with Gasteiger partial charge >= 0.3 is 0 Å². The normalized spacial score (nSPS) is 9.12. The van der Waals surface area contributed by atoms with Gasteiger partial charge in [-0.15, -0.1) is 0 Å². The van der Waals surface area contributed by atoms with Gasteiger partial charge in [0.25, 0.3) is 0 Å². The minimum Gasteiger partial charge on any atom is -0.278 e. The highest BCUT2D eigenvalue weighted by molar-refractivity contribution is 5.52. The van der Waals surface area contributed by atoms with Crippen molar-refractivity contribution < 1.29 is 4.79 Å². The van der Waals surface area contributed by atoms with Crippen LogP contribution in [0.3, 0.4) is 0 Å². The average Bonchev–Trinajstić information content (AvgIpc) is 2.14. The number of nitrogens with zero attached hydrogens (tertiary/aromatic N) is 2. The first-order chi connectivity index (χ1) is 3.84. The molecule has 0 bridgehead atoms. The molecule has 1 aromatic rings. The monoisotopic (exact) mass is 110 g/mol. The van der Waals surface area contributed by atoms with Crippen LogP contribution in [0, 0.1) is 6.92 Å². The second-order valence-corrected chi connectivity index (χ2v) is 1.49. The van der Waals surface area contributed by atoms with Gasteiger partial charge in [0.05, 0.1) is 0 Å². The van der Waals surface area contributed by atoms with E-state index in [2.05, 4.69) is 4.98 Å². The molecule has 0 spiro atoms. The lowest BCUT2D eigenvalue weighted by Crippen LogP contribution is -1.94. The van der Waals surface area contributed by atoms with E-state index in [0.29, 0.717) is 0 Å². The zero-order valence-corrected chi connectivity index (χ0v) is 4.53. The predicted octanol–water partition coefficient (Wildman–Crippen LogP) is 0.230. The summed E-state index contributed by atoms with van der Waals surface area (Å²) in [6, 6.07) is 0. The molecule has 0 aliphatic carbocycles. The molecule has 0 saturated carbocycles. The van der Waals surface area contributed by atoms with Crippen LogP contribution in [0.2, 0.25) is 0 Å². The lowest BCUT2D eigenvalue weighted by Gasteiger charge is -1.86. The summed E-state index contributed by atoms with van der Waals surface area (Å²) >= 11 is 0. The van der Waals surface area contributed by atoms with Crippen molar-refractivity contribution in [1.82, 2.24) is 9.55 Å². The van der Waals surface area contributed by atoms with Gasteiger partial charge in [0.15, 0.2) is 0 Å². The molecule has 0 unspecified atom stereocenters. The maximum Gasteiger partial charge on any atom is 0.219 e. The quantitative estimate of drug-likeness (QED) is 0.485. The van der Waals surface area contributed by atoms with Gasteiger partial charge < -0.3 is 0 Å². The van der Waals surface area contributed by atoms with E-state index in [1.807, 2.05) is 0 Å². The third kappa shape index (κ3) is 0.621. The summed E-state index contributed by atoms with van der Waals surface area (Å²) in [5.41, 5.74) is 0. The number of carbonyl (C=O) groups excluding carboxylic acids is 1. The van der Waals surface area contributed by atoms with Crippen molar-refractivity contribution in [2.24, 2.45) is 0 Å². The molecule has 8 heavy (non-hydrogen) atoms. The first-order valence-electron chi connectivity index (χ1n) is 2.29. The largest absolute Gasteiger partial charge is 0.278 e. The predicted molar refractivity (Wildman–Crippen MR) is 29.1 cm³/mol. The van der Waals surface area contributed by atoms with Gasteiger partial charge in [0.2, 0.25) is 6.41 Å². The summed E-state index contributed by atoms with van der Waals surface area (Å²) in [6.07, 6.45) is 3.92. The molecule has 0 N–H and O–H groups in total. The molecular formula is C5H6N2O. The Labute approximate surface area is 47.0 Å². The van der Waals surface area contributed by atoms with Gasteiger partial charge in [0.1, 0.15) is 5.82 Å². The van der Waals surface area contributed by atoms with Crippen molar-refractivity contribution in [2.75, 3.05) is 0 Å². The Morgan fingerprint density at radius 2 is 2.62 bits per heavy atom. The fraction of sp³-hybridized carbons (Fsp3) is 0.200. The van der Waals surface area contributed by atoms with Crippen LogP contribution in [0.25, 0.3) is 0 Å². The molecule has 1 rings (SSSR count). The molecule has 0 amide bonds. The molecule has 1 heterocycles. The summed E-state index contributed by atoms with van der Waals surface area (Å²) in [4.78, 5) is 13.8. The van der Waals surface area contributed by atoms with Crippen LogP contribution in [0.5, 0.6) is 0 Å². The lowest BCUT2D eigenvalue weighted by atomic mass is 10.7. The van der Waals surface area contributed by atoms with Crippen molar-refractivity contribution in [3.05, 3.63) is 18.2 Å². The van der Waals surface area contributed by atoms with Crippen molar-refractivity contribution in [3.63, 3.8) is 0 Å². The molecule has 3 nitrogen and oxygen atoms in total. The summed E-state index contributed by atoms with van der Waals surface area (Å²) < 4.78 is 1.42. The smallest absolute Gasteiger partial charge is 0.219 e. The van der Waals surface area contributed by atoms with Gasteiger partial charge in [-0.3, -0.25) is 9.36 Å². The molecule has 0 aromatic carbocycles. The van der Waals surface area contributed by atoms with E-state index in [9.17, 15) is 4.79 Å². The average molecular weight is 110 g/mol. The first kappa shape index (κ1) is 5.03.